The van der Waals surface area contributed by atoms with Crippen LogP contribution in [-0.2, 0) is 4.79 Å². The molecule has 1 aliphatic rings. The number of hydrogen-bond acceptors (Lipinski definition) is 3. The van der Waals surface area contributed by atoms with Crippen LogP contribution in [0.3, 0.4) is 0 Å². The summed E-state index contributed by atoms with van der Waals surface area (Å²) in [6.45, 7) is -0.0480. The van der Waals surface area contributed by atoms with Gasteiger partial charge in [0, 0.05) is 5.56 Å². The highest BCUT2D eigenvalue weighted by Crippen LogP contribution is 2.29. The highest BCUT2D eigenvalue weighted by Gasteiger charge is 2.19. The Labute approximate surface area is 114 Å². The van der Waals surface area contributed by atoms with E-state index in [1.54, 1.807) is 18.2 Å². The summed E-state index contributed by atoms with van der Waals surface area (Å²) in [5.41, 5.74) is 0.707. The standard InChI is InChI=1S/C15H10FNO3/c16-11-4-2-1-3-10(11)15(19)9-5-6-13-12(7-9)17-14(18)8-20-13/h1-7H,8H2,(H,17,18). The fraction of sp³-hybridized carbons (Fsp3) is 0.0667. The minimum atomic E-state index is -0.574. The Morgan fingerprint density at radius 2 is 2.00 bits per heavy atom. The minimum absolute atomic E-state index is 0.00416. The van der Waals surface area contributed by atoms with Gasteiger partial charge in [0.15, 0.2) is 12.4 Å². The van der Waals surface area contributed by atoms with Crippen molar-refractivity contribution in [3.63, 3.8) is 0 Å². The lowest BCUT2D eigenvalue weighted by atomic mass is 10.0. The van der Waals surface area contributed by atoms with Crippen molar-refractivity contribution >= 4 is 17.4 Å². The molecule has 1 aliphatic heterocycles. The summed E-state index contributed by atoms with van der Waals surface area (Å²) in [5, 5.41) is 2.61. The lowest BCUT2D eigenvalue weighted by Gasteiger charge is -2.18. The van der Waals surface area contributed by atoms with E-state index in [0.717, 1.165) is 0 Å². The molecule has 5 heteroatoms. The van der Waals surface area contributed by atoms with E-state index < -0.39 is 11.6 Å². The largest absolute Gasteiger partial charge is 0.482 e. The van der Waals surface area contributed by atoms with Crippen molar-refractivity contribution in [2.45, 2.75) is 0 Å². The van der Waals surface area contributed by atoms with Crippen molar-refractivity contribution in [3.05, 3.63) is 59.4 Å². The smallest absolute Gasteiger partial charge is 0.262 e. The van der Waals surface area contributed by atoms with Gasteiger partial charge in [-0.1, -0.05) is 12.1 Å². The maximum absolute atomic E-state index is 13.6. The van der Waals surface area contributed by atoms with E-state index in [-0.39, 0.29) is 18.1 Å². The van der Waals surface area contributed by atoms with E-state index in [2.05, 4.69) is 5.32 Å². The first kappa shape index (κ1) is 12.3. The van der Waals surface area contributed by atoms with Gasteiger partial charge in [0.05, 0.1) is 11.3 Å². The molecule has 2 aromatic carbocycles. The highest BCUT2D eigenvalue weighted by molar-refractivity contribution is 6.10. The van der Waals surface area contributed by atoms with Crippen LogP contribution in [0, 0.1) is 5.82 Å². The average Bonchev–Trinajstić information content (AvgIpc) is 2.46. The van der Waals surface area contributed by atoms with Crippen LogP contribution in [0.15, 0.2) is 42.5 Å². The molecular formula is C15H10FNO3. The molecular weight excluding hydrogens is 261 g/mol. The van der Waals surface area contributed by atoms with Crippen LogP contribution >= 0.6 is 0 Å². The van der Waals surface area contributed by atoms with E-state index in [0.29, 0.717) is 17.0 Å². The third kappa shape index (κ3) is 2.14. The molecule has 0 saturated carbocycles. The quantitative estimate of drug-likeness (QED) is 0.853. The maximum atomic E-state index is 13.6. The van der Waals surface area contributed by atoms with Gasteiger partial charge < -0.3 is 10.1 Å². The van der Waals surface area contributed by atoms with Gasteiger partial charge in [-0.15, -0.1) is 0 Å². The maximum Gasteiger partial charge on any atom is 0.262 e. The first-order chi connectivity index (χ1) is 9.65. The summed E-state index contributed by atoms with van der Waals surface area (Å²) in [4.78, 5) is 23.5. The fourth-order valence-electron chi connectivity index (χ4n) is 2.03. The van der Waals surface area contributed by atoms with E-state index in [9.17, 15) is 14.0 Å². The molecule has 100 valence electrons. The number of ketones is 1. The van der Waals surface area contributed by atoms with E-state index >= 15 is 0 Å². The number of anilines is 1. The van der Waals surface area contributed by atoms with Gasteiger partial charge >= 0.3 is 0 Å². The first-order valence-electron chi connectivity index (χ1n) is 6.01. The Hall–Kier alpha value is -2.69. The summed E-state index contributed by atoms with van der Waals surface area (Å²) >= 11 is 0. The molecule has 0 aromatic heterocycles. The molecule has 0 radical (unpaired) electrons. The molecule has 1 amide bonds. The van der Waals surface area contributed by atoms with Crippen LogP contribution in [0.1, 0.15) is 15.9 Å². The third-order valence-electron chi connectivity index (χ3n) is 2.99. The number of fused-ring (bicyclic) bond motifs is 1. The van der Waals surface area contributed by atoms with Crippen LogP contribution in [0.5, 0.6) is 5.75 Å². The minimum Gasteiger partial charge on any atom is -0.482 e. The molecule has 0 bridgehead atoms. The second kappa shape index (κ2) is 4.77. The number of ether oxygens (including phenoxy) is 1. The predicted octanol–water partition coefficient (Wildman–Crippen LogP) is 2.39. The molecule has 4 nitrogen and oxygen atoms in total. The zero-order valence-electron chi connectivity index (χ0n) is 10.4. The van der Waals surface area contributed by atoms with E-state index in [4.69, 9.17) is 4.74 Å². The summed E-state index contributed by atoms with van der Waals surface area (Å²) in [5.74, 6) is -0.802. The highest BCUT2D eigenvalue weighted by atomic mass is 19.1. The molecule has 1 heterocycles. The lowest BCUT2D eigenvalue weighted by Crippen LogP contribution is -2.25. The van der Waals surface area contributed by atoms with Crippen molar-refractivity contribution in [2.75, 3.05) is 11.9 Å². The molecule has 1 N–H and O–H groups in total. The number of benzene rings is 2. The van der Waals surface area contributed by atoms with E-state index in [1.807, 2.05) is 0 Å². The number of rotatable bonds is 2. The Balaban J connectivity index is 1.99. The van der Waals surface area contributed by atoms with Crippen LogP contribution in [-0.4, -0.2) is 18.3 Å². The summed E-state index contributed by atoms with van der Waals surface area (Å²) in [6, 6.07) is 10.4. The van der Waals surface area contributed by atoms with Crippen LogP contribution < -0.4 is 10.1 Å². The second-order valence-electron chi connectivity index (χ2n) is 4.36. The molecule has 20 heavy (non-hydrogen) atoms. The molecule has 0 saturated heterocycles. The van der Waals surface area contributed by atoms with E-state index in [1.165, 1.54) is 24.3 Å². The van der Waals surface area contributed by atoms with Crippen molar-refractivity contribution < 1.29 is 18.7 Å². The monoisotopic (exact) mass is 271 g/mol. The Bertz CT molecular complexity index is 712. The van der Waals surface area contributed by atoms with Crippen molar-refractivity contribution in [1.29, 1.82) is 0 Å². The lowest BCUT2D eigenvalue weighted by molar-refractivity contribution is -0.118. The summed E-state index contributed by atoms with van der Waals surface area (Å²) in [7, 11) is 0. The predicted molar refractivity (Wildman–Crippen MR) is 70.4 cm³/mol. The number of hydrogen-bond donors (Lipinski definition) is 1. The number of halogens is 1. The SMILES string of the molecule is O=C1COc2ccc(C(=O)c3ccccc3F)cc2N1. The van der Waals surface area contributed by atoms with Crippen molar-refractivity contribution in [2.24, 2.45) is 0 Å². The molecule has 0 atom stereocenters. The number of carbonyl (C=O) groups is 2. The van der Waals surface area contributed by atoms with Gasteiger partial charge in [0.25, 0.3) is 5.91 Å². The van der Waals surface area contributed by atoms with Crippen LogP contribution in [0.4, 0.5) is 10.1 Å². The second-order valence-corrected chi connectivity index (χ2v) is 4.36. The summed E-state index contributed by atoms with van der Waals surface area (Å²) < 4.78 is 18.8. The molecule has 2 aromatic rings. The third-order valence-corrected chi connectivity index (χ3v) is 2.99. The Morgan fingerprint density at radius 1 is 1.20 bits per heavy atom. The number of carbonyl (C=O) groups excluding carboxylic acids is 2. The molecule has 3 rings (SSSR count). The van der Waals surface area contributed by atoms with Gasteiger partial charge in [0.1, 0.15) is 11.6 Å². The zero-order chi connectivity index (χ0) is 14.1. The van der Waals surface area contributed by atoms with Gasteiger partial charge in [-0.2, -0.15) is 0 Å². The Morgan fingerprint density at radius 3 is 2.80 bits per heavy atom. The number of amides is 1. The Kier molecular flexibility index (Phi) is 2.95. The van der Waals surface area contributed by atoms with Crippen LogP contribution in [0.2, 0.25) is 0 Å². The fourth-order valence-corrected chi connectivity index (χ4v) is 2.03. The van der Waals surface area contributed by atoms with Crippen molar-refractivity contribution in [3.8, 4) is 5.75 Å². The average molecular weight is 271 g/mol. The molecule has 0 unspecified atom stereocenters. The zero-order valence-corrected chi connectivity index (χ0v) is 10.4. The van der Waals surface area contributed by atoms with Gasteiger partial charge in [0.2, 0.25) is 0 Å². The van der Waals surface area contributed by atoms with Gasteiger partial charge in [-0.05, 0) is 30.3 Å². The van der Waals surface area contributed by atoms with Gasteiger partial charge in [-0.25, -0.2) is 4.39 Å². The molecule has 0 aliphatic carbocycles. The summed E-state index contributed by atoms with van der Waals surface area (Å²) in [6.07, 6.45) is 0. The molecule has 0 fully saturated rings. The number of nitrogens with one attached hydrogen (secondary N) is 1. The van der Waals surface area contributed by atoms with Gasteiger partial charge in [-0.3, -0.25) is 9.59 Å². The van der Waals surface area contributed by atoms with Crippen molar-refractivity contribution in [1.82, 2.24) is 0 Å². The normalized spacial score (nSPS) is 13.2. The first-order valence-corrected chi connectivity index (χ1v) is 6.01. The van der Waals surface area contributed by atoms with Crippen LogP contribution in [0.25, 0.3) is 0 Å². The topological polar surface area (TPSA) is 55.4 Å². The molecule has 0 spiro atoms.